The predicted molar refractivity (Wildman–Crippen MR) is 86.1 cm³/mol. The van der Waals surface area contributed by atoms with Crippen LogP contribution in [-0.2, 0) is 6.61 Å². The van der Waals surface area contributed by atoms with Gasteiger partial charge in [-0.15, -0.1) is 0 Å². The van der Waals surface area contributed by atoms with E-state index < -0.39 is 0 Å². The molecule has 0 amide bonds. The molecule has 1 N–H and O–H groups in total. The van der Waals surface area contributed by atoms with E-state index in [-0.39, 0.29) is 0 Å². The van der Waals surface area contributed by atoms with E-state index in [1.807, 2.05) is 24.3 Å². The molecule has 1 atom stereocenters. The Hall–Kier alpha value is -2.09. The van der Waals surface area contributed by atoms with Gasteiger partial charge in [0.2, 0.25) is 0 Å². The van der Waals surface area contributed by atoms with Crippen molar-refractivity contribution >= 4 is 6.21 Å². The normalized spacial score (nSPS) is 15.4. The van der Waals surface area contributed by atoms with Crippen LogP contribution in [0.1, 0.15) is 36.3 Å². The van der Waals surface area contributed by atoms with Gasteiger partial charge in [-0.3, -0.25) is 0 Å². The number of rotatable bonds is 7. The van der Waals surface area contributed by atoms with Gasteiger partial charge in [0.1, 0.15) is 12.4 Å². The van der Waals surface area contributed by atoms with Crippen molar-refractivity contribution in [3.05, 3.63) is 65.7 Å². The number of benzene rings is 2. The summed E-state index contributed by atoms with van der Waals surface area (Å²) >= 11 is 0. The maximum Gasteiger partial charge on any atom is 0.120 e. The van der Waals surface area contributed by atoms with Crippen LogP contribution in [0, 0.1) is 11.3 Å². The molecule has 3 rings (SSSR count). The fourth-order valence-electron chi connectivity index (χ4n) is 2.80. The van der Waals surface area contributed by atoms with Gasteiger partial charge < -0.3 is 10.1 Å². The molecule has 2 aromatic rings. The molecule has 0 aromatic heterocycles. The van der Waals surface area contributed by atoms with E-state index in [4.69, 9.17) is 10.1 Å². The standard InChI is InChI=1S/C19H21NO/c20-12-11-19(16-9-10-16)17-7-4-8-18(13-17)21-14-15-5-2-1-3-6-15/h1-8,12-13,16,19-20H,9-11,14H2/t19-/m0/s1. The van der Waals surface area contributed by atoms with Gasteiger partial charge in [0.15, 0.2) is 0 Å². The second-order valence-electron chi connectivity index (χ2n) is 5.73. The lowest BCUT2D eigenvalue weighted by atomic mass is 9.91. The third-order valence-electron chi connectivity index (χ3n) is 4.10. The lowest BCUT2D eigenvalue weighted by molar-refractivity contribution is 0.305. The summed E-state index contributed by atoms with van der Waals surface area (Å²) in [5.41, 5.74) is 2.49. The maximum absolute atomic E-state index is 7.39. The summed E-state index contributed by atoms with van der Waals surface area (Å²) in [6, 6.07) is 18.6. The first-order valence-corrected chi connectivity index (χ1v) is 7.62. The molecule has 21 heavy (non-hydrogen) atoms. The molecule has 0 saturated heterocycles. The van der Waals surface area contributed by atoms with Crippen LogP contribution in [0.3, 0.4) is 0 Å². The monoisotopic (exact) mass is 279 g/mol. The number of hydrogen-bond acceptors (Lipinski definition) is 2. The highest BCUT2D eigenvalue weighted by Gasteiger charge is 2.31. The zero-order valence-corrected chi connectivity index (χ0v) is 12.2. The minimum Gasteiger partial charge on any atom is -0.489 e. The van der Waals surface area contributed by atoms with E-state index in [1.165, 1.54) is 24.0 Å². The molecule has 1 aliphatic carbocycles. The first-order valence-electron chi connectivity index (χ1n) is 7.62. The molecule has 0 aliphatic heterocycles. The fourth-order valence-corrected chi connectivity index (χ4v) is 2.80. The molecular weight excluding hydrogens is 258 g/mol. The largest absolute Gasteiger partial charge is 0.489 e. The van der Waals surface area contributed by atoms with Gasteiger partial charge in [0.05, 0.1) is 0 Å². The Morgan fingerprint density at radius 3 is 2.62 bits per heavy atom. The van der Waals surface area contributed by atoms with Crippen molar-refractivity contribution in [2.45, 2.75) is 31.8 Å². The second kappa shape index (κ2) is 6.57. The molecule has 0 bridgehead atoms. The average Bonchev–Trinajstić information content (AvgIpc) is 3.37. The number of hydrogen-bond donors (Lipinski definition) is 1. The lowest BCUT2D eigenvalue weighted by Gasteiger charge is -2.15. The van der Waals surface area contributed by atoms with E-state index in [0.29, 0.717) is 12.5 Å². The first kappa shape index (κ1) is 13.9. The molecule has 2 aromatic carbocycles. The molecule has 1 fully saturated rings. The Morgan fingerprint density at radius 1 is 1.10 bits per heavy atom. The Bertz CT molecular complexity index is 590. The molecule has 2 nitrogen and oxygen atoms in total. The lowest BCUT2D eigenvalue weighted by Crippen LogP contribution is -2.03. The van der Waals surface area contributed by atoms with Gasteiger partial charge in [0.25, 0.3) is 0 Å². The van der Waals surface area contributed by atoms with Gasteiger partial charge in [0, 0.05) is 0 Å². The summed E-state index contributed by atoms with van der Waals surface area (Å²) in [5.74, 6) is 2.17. The SMILES string of the molecule is N=CC[C@H](c1cccc(OCc2ccccc2)c1)C1CC1. The van der Waals surface area contributed by atoms with Crippen LogP contribution in [-0.4, -0.2) is 6.21 Å². The molecule has 108 valence electrons. The Morgan fingerprint density at radius 2 is 1.90 bits per heavy atom. The van der Waals surface area contributed by atoms with Gasteiger partial charge in [-0.25, -0.2) is 0 Å². The van der Waals surface area contributed by atoms with Crippen LogP contribution >= 0.6 is 0 Å². The van der Waals surface area contributed by atoms with E-state index in [9.17, 15) is 0 Å². The molecule has 0 unspecified atom stereocenters. The summed E-state index contributed by atoms with van der Waals surface area (Å²) in [6.45, 7) is 0.600. The predicted octanol–water partition coefficient (Wildman–Crippen LogP) is 4.80. The van der Waals surface area contributed by atoms with Crippen molar-refractivity contribution in [3.8, 4) is 5.75 Å². The first-order chi connectivity index (χ1) is 10.4. The summed E-state index contributed by atoms with van der Waals surface area (Å²) in [5, 5.41) is 7.39. The molecule has 0 radical (unpaired) electrons. The highest BCUT2D eigenvalue weighted by atomic mass is 16.5. The zero-order chi connectivity index (χ0) is 14.5. The van der Waals surface area contributed by atoms with Gasteiger partial charge >= 0.3 is 0 Å². The molecule has 2 heteroatoms. The average molecular weight is 279 g/mol. The molecule has 0 heterocycles. The highest BCUT2D eigenvalue weighted by molar-refractivity contribution is 5.55. The van der Waals surface area contributed by atoms with Crippen molar-refractivity contribution in [1.29, 1.82) is 5.41 Å². The van der Waals surface area contributed by atoms with Crippen LogP contribution in [0.25, 0.3) is 0 Å². The molecule has 0 spiro atoms. The third kappa shape index (κ3) is 3.72. The Labute approximate surface area is 126 Å². The van der Waals surface area contributed by atoms with Crippen molar-refractivity contribution in [1.82, 2.24) is 0 Å². The van der Waals surface area contributed by atoms with Gasteiger partial charge in [-0.2, -0.15) is 0 Å². The van der Waals surface area contributed by atoms with E-state index >= 15 is 0 Å². The van der Waals surface area contributed by atoms with Crippen molar-refractivity contribution < 1.29 is 4.74 Å². The van der Waals surface area contributed by atoms with Gasteiger partial charge in [-0.1, -0.05) is 42.5 Å². The van der Waals surface area contributed by atoms with E-state index in [2.05, 4.69) is 30.3 Å². The van der Waals surface area contributed by atoms with Crippen LogP contribution in [0.4, 0.5) is 0 Å². The van der Waals surface area contributed by atoms with Crippen LogP contribution in [0.5, 0.6) is 5.75 Å². The van der Waals surface area contributed by atoms with Crippen molar-refractivity contribution in [2.75, 3.05) is 0 Å². The smallest absolute Gasteiger partial charge is 0.120 e. The summed E-state index contributed by atoms with van der Waals surface area (Å²) < 4.78 is 5.90. The van der Waals surface area contributed by atoms with Crippen molar-refractivity contribution in [2.24, 2.45) is 5.92 Å². The Kier molecular flexibility index (Phi) is 4.34. The zero-order valence-electron chi connectivity index (χ0n) is 12.2. The van der Waals surface area contributed by atoms with Crippen molar-refractivity contribution in [3.63, 3.8) is 0 Å². The highest BCUT2D eigenvalue weighted by Crippen LogP contribution is 2.44. The Balaban J connectivity index is 1.69. The quantitative estimate of drug-likeness (QED) is 0.726. The third-order valence-corrected chi connectivity index (χ3v) is 4.10. The number of nitrogens with one attached hydrogen (secondary N) is 1. The maximum atomic E-state index is 7.39. The van der Waals surface area contributed by atoms with E-state index in [1.54, 1.807) is 6.21 Å². The molecule has 1 saturated carbocycles. The van der Waals surface area contributed by atoms with Crippen LogP contribution in [0.2, 0.25) is 0 Å². The summed E-state index contributed by atoms with van der Waals surface area (Å²) in [4.78, 5) is 0. The fraction of sp³-hybridized carbons (Fsp3) is 0.316. The van der Waals surface area contributed by atoms with Gasteiger partial charge in [-0.05, 0) is 60.6 Å². The van der Waals surface area contributed by atoms with E-state index in [0.717, 1.165) is 18.1 Å². The van der Waals surface area contributed by atoms with Crippen LogP contribution in [0.15, 0.2) is 54.6 Å². The molecule has 1 aliphatic rings. The number of ether oxygens (including phenoxy) is 1. The summed E-state index contributed by atoms with van der Waals surface area (Å²) in [6.07, 6.45) is 4.98. The molecular formula is C19H21NO. The van der Waals surface area contributed by atoms with Crippen LogP contribution < -0.4 is 4.74 Å². The minimum atomic E-state index is 0.489. The second-order valence-corrected chi connectivity index (χ2v) is 5.73. The topological polar surface area (TPSA) is 33.1 Å². The minimum absolute atomic E-state index is 0.489. The summed E-state index contributed by atoms with van der Waals surface area (Å²) in [7, 11) is 0.